The standard InChI is InChI=1S/C15H24N2OS/c1-4-6-9-12-17(3)15(19)16-13-10-7-8-11-14(13)18-5-2/h7-8,10-11H,4-6,9,12H2,1-3H3,(H,16,19). The van der Waals surface area contributed by atoms with Crippen LogP contribution in [0.5, 0.6) is 5.75 Å². The maximum absolute atomic E-state index is 5.58. The number of thiocarbonyl (C=S) groups is 1. The normalized spacial score (nSPS) is 10.1. The van der Waals surface area contributed by atoms with E-state index in [9.17, 15) is 0 Å². The Morgan fingerprint density at radius 2 is 2.00 bits per heavy atom. The maximum Gasteiger partial charge on any atom is 0.173 e. The summed E-state index contributed by atoms with van der Waals surface area (Å²) in [5, 5.41) is 3.99. The number of hydrogen-bond acceptors (Lipinski definition) is 2. The van der Waals surface area contributed by atoms with Crippen LogP contribution in [0.4, 0.5) is 5.69 Å². The minimum Gasteiger partial charge on any atom is -0.492 e. The number of benzene rings is 1. The number of anilines is 1. The van der Waals surface area contributed by atoms with Gasteiger partial charge in [0, 0.05) is 13.6 Å². The zero-order valence-corrected chi connectivity index (χ0v) is 12.9. The van der Waals surface area contributed by atoms with Gasteiger partial charge >= 0.3 is 0 Å². The van der Waals surface area contributed by atoms with Crippen LogP contribution in [0, 0.1) is 0 Å². The fraction of sp³-hybridized carbons (Fsp3) is 0.533. The van der Waals surface area contributed by atoms with E-state index < -0.39 is 0 Å². The number of hydrogen-bond donors (Lipinski definition) is 1. The highest BCUT2D eigenvalue weighted by Gasteiger charge is 2.07. The summed E-state index contributed by atoms with van der Waals surface area (Å²) in [4.78, 5) is 2.08. The second-order valence-corrected chi connectivity index (χ2v) is 4.87. The summed E-state index contributed by atoms with van der Waals surface area (Å²) in [5.74, 6) is 0.842. The molecule has 1 aromatic carbocycles. The van der Waals surface area contributed by atoms with Crippen molar-refractivity contribution >= 4 is 23.0 Å². The van der Waals surface area contributed by atoms with Gasteiger partial charge in [0.1, 0.15) is 5.75 Å². The SMILES string of the molecule is CCCCCN(C)C(=S)Nc1ccccc1OCC. The molecule has 0 bridgehead atoms. The fourth-order valence-corrected chi connectivity index (χ4v) is 1.96. The van der Waals surface area contributed by atoms with E-state index in [-0.39, 0.29) is 0 Å². The van der Waals surface area contributed by atoms with Crippen molar-refractivity contribution in [3.8, 4) is 5.75 Å². The van der Waals surface area contributed by atoms with Crippen LogP contribution in [-0.4, -0.2) is 30.2 Å². The van der Waals surface area contributed by atoms with Crippen LogP contribution < -0.4 is 10.1 Å². The number of nitrogens with one attached hydrogen (secondary N) is 1. The van der Waals surface area contributed by atoms with Crippen molar-refractivity contribution in [1.29, 1.82) is 0 Å². The molecule has 4 heteroatoms. The van der Waals surface area contributed by atoms with Gasteiger partial charge in [0.25, 0.3) is 0 Å². The summed E-state index contributed by atoms with van der Waals surface area (Å²) < 4.78 is 5.58. The zero-order valence-electron chi connectivity index (χ0n) is 12.1. The van der Waals surface area contributed by atoms with Crippen LogP contribution in [0.15, 0.2) is 24.3 Å². The molecule has 0 heterocycles. The van der Waals surface area contributed by atoms with Gasteiger partial charge in [-0.2, -0.15) is 0 Å². The molecule has 19 heavy (non-hydrogen) atoms. The molecule has 3 nitrogen and oxygen atoms in total. The lowest BCUT2D eigenvalue weighted by molar-refractivity contribution is 0.342. The van der Waals surface area contributed by atoms with Crippen LogP contribution >= 0.6 is 12.2 Å². The largest absolute Gasteiger partial charge is 0.492 e. The van der Waals surface area contributed by atoms with Gasteiger partial charge in [-0.05, 0) is 37.7 Å². The minimum absolute atomic E-state index is 0.651. The van der Waals surface area contributed by atoms with Crippen LogP contribution in [0.2, 0.25) is 0 Å². The van der Waals surface area contributed by atoms with Crippen molar-refractivity contribution in [2.45, 2.75) is 33.1 Å². The number of unbranched alkanes of at least 4 members (excludes halogenated alkanes) is 2. The molecule has 0 aromatic heterocycles. The molecular weight excluding hydrogens is 256 g/mol. The van der Waals surface area contributed by atoms with Gasteiger partial charge in [0.15, 0.2) is 5.11 Å². The van der Waals surface area contributed by atoms with Crippen molar-refractivity contribution < 1.29 is 4.74 Å². The molecule has 1 aromatic rings. The Balaban J connectivity index is 2.55. The first kappa shape index (κ1) is 15.8. The number of nitrogens with zero attached hydrogens (tertiary/aromatic N) is 1. The van der Waals surface area contributed by atoms with Crippen LogP contribution in [-0.2, 0) is 0 Å². The summed E-state index contributed by atoms with van der Waals surface area (Å²) in [5.41, 5.74) is 0.927. The van der Waals surface area contributed by atoms with Crippen molar-refractivity contribution in [2.24, 2.45) is 0 Å². The summed E-state index contributed by atoms with van der Waals surface area (Å²) in [6.45, 7) is 5.81. The molecule has 0 radical (unpaired) electrons. The fourth-order valence-electron chi connectivity index (χ4n) is 1.76. The molecule has 0 amide bonds. The van der Waals surface area contributed by atoms with Gasteiger partial charge in [-0.3, -0.25) is 0 Å². The third-order valence-electron chi connectivity index (χ3n) is 2.87. The van der Waals surface area contributed by atoms with E-state index in [0.717, 1.165) is 23.1 Å². The maximum atomic E-state index is 5.58. The van der Waals surface area contributed by atoms with E-state index >= 15 is 0 Å². The molecule has 0 aliphatic heterocycles. The molecule has 0 spiro atoms. The first-order chi connectivity index (χ1) is 9.19. The van der Waals surface area contributed by atoms with E-state index in [1.54, 1.807) is 0 Å². The molecule has 1 rings (SSSR count). The minimum atomic E-state index is 0.651. The van der Waals surface area contributed by atoms with E-state index in [1.165, 1.54) is 19.3 Å². The Morgan fingerprint density at radius 3 is 2.68 bits per heavy atom. The molecule has 0 unspecified atom stereocenters. The number of ether oxygens (including phenoxy) is 1. The molecule has 0 atom stereocenters. The average Bonchev–Trinajstić information content (AvgIpc) is 2.41. The predicted molar refractivity (Wildman–Crippen MR) is 86.0 cm³/mol. The van der Waals surface area contributed by atoms with E-state index in [0.29, 0.717) is 6.61 Å². The number of rotatable bonds is 7. The Kier molecular flexibility index (Phi) is 7.26. The van der Waals surface area contributed by atoms with E-state index in [1.807, 2.05) is 38.2 Å². The van der Waals surface area contributed by atoms with Gasteiger partial charge < -0.3 is 15.0 Å². The van der Waals surface area contributed by atoms with E-state index in [4.69, 9.17) is 17.0 Å². The molecule has 0 saturated carbocycles. The molecule has 0 aliphatic rings. The third kappa shape index (κ3) is 5.47. The second-order valence-electron chi connectivity index (χ2n) is 4.49. The topological polar surface area (TPSA) is 24.5 Å². The lowest BCUT2D eigenvalue weighted by Gasteiger charge is -2.22. The van der Waals surface area contributed by atoms with Crippen molar-refractivity contribution in [1.82, 2.24) is 4.90 Å². The Labute approximate surface area is 121 Å². The average molecular weight is 280 g/mol. The summed E-state index contributed by atoms with van der Waals surface area (Å²) in [6.07, 6.45) is 3.63. The van der Waals surface area contributed by atoms with Gasteiger partial charge in [-0.15, -0.1) is 0 Å². The lowest BCUT2D eigenvalue weighted by atomic mass is 10.2. The van der Waals surface area contributed by atoms with Gasteiger partial charge in [-0.1, -0.05) is 31.9 Å². The molecular formula is C15H24N2OS. The smallest absolute Gasteiger partial charge is 0.173 e. The summed E-state index contributed by atoms with van der Waals surface area (Å²) in [7, 11) is 2.02. The Morgan fingerprint density at radius 1 is 1.26 bits per heavy atom. The van der Waals surface area contributed by atoms with Gasteiger partial charge in [-0.25, -0.2) is 0 Å². The Hall–Kier alpha value is -1.29. The molecule has 1 N–H and O–H groups in total. The van der Waals surface area contributed by atoms with Gasteiger partial charge in [0.05, 0.1) is 12.3 Å². The zero-order chi connectivity index (χ0) is 14.1. The molecule has 0 aliphatic carbocycles. The molecule has 106 valence electrons. The lowest BCUT2D eigenvalue weighted by Crippen LogP contribution is -2.32. The van der Waals surface area contributed by atoms with Crippen molar-refractivity contribution in [3.63, 3.8) is 0 Å². The highest BCUT2D eigenvalue weighted by atomic mass is 32.1. The number of para-hydroxylation sites is 2. The third-order valence-corrected chi connectivity index (χ3v) is 3.29. The van der Waals surface area contributed by atoms with Crippen molar-refractivity contribution in [3.05, 3.63) is 24.3 Å². The monoisotopic (exact) mass is 280 g/mol. The quantitative estimate of drug-likeness (QED) is 0.604. The highest BCUT2D eigenvalue weighted by molar-refractivity contribution is 7.80. The molecule has 0 fully saturated rings. The van der Waals surface area contributed by atoms with Crippen molar-refractivity contribution in [2.75, 3.05) is 25.5 Å². The van der Waals surface area contributed by atoms with Gasteiger partial charge in [0.2, 0.25) is 0 Å². The highest BCUT2D eigenvalue weighted by Crippen LogP contribution is 2.23. The summed E-state index contributed by atoms with van der Waals surface area (Å²) in [6, 6.07) is 7.87. The summed E-state index contributed by atoms with van der Waals surface area (Å²) >= 11 is 5.41. The second kappa shape index (κ2) is 8.75. The van der Waals surface area contributed by atoms with Crippen LogP contribution in [0.1, 0.15) is 33.1 Å². The van der Waals surface area contributed by atoms with Crippen LogP contribution in [0.25, 0.3) is 0 Å². The first-order valence-electron chi connectivity index (χ1n) is 6.93. The molecule has 0 saturated heterocycles. The predicted octanol–water partition coefficient (Wildman–Crippen LogP) is 3.90. The first-order valence-corrected chi connectivity index (χ1v) is 7.33. The van der Waals surface area contributed by atoms with E-state index in [2.05, 4.69) is 17.1 Å². The Bertz CT molecular complexity index is 395. The van der Waals surface area contributed by atoms with Crippen LogP contribution in [0.3, 0.4) is 0 Å².